The second-order valence-corrected chi connectivity index (χ2v) is 8.19. The lowest BCUT2D eigenvalue weighted by atomic mass is 10.0. The summed E-state index contributed by atoms with van der Waals surface area (Å²) in [5, 5.41) is 9.56. The van der Waals surface area contributed by atoms with E-state index in [1.54, 1.807) is 29.9 Å². The van der Waals surface area contributed by atoms with E-state index < -0.39 is 23.3 Å². The van der Waals surface area contributed by atoms with Gasteiger partial charge in [0, 0.05) is 24.4 Å². The van der Waals surface area contributed by atoms with Crippen molar-refractivity contribution in [2.24, 2.45) is 12.8 Å². The summed E-state index contributed by atoms with van der Waals surface area (Å²) in [4.78, 5) is 12.4. The largest absolute Gasteiger partial charge is 0.487 e. The standard InChI is InChI=1S/C22H24ClF2N5O2/c1-22(2,8-9-26)32-19-7-5-14(11-15(19)20-16(23)12-27-30(20)3)28-21(31)29-18-6-4-13(24)10-17(18)25/h4-7,10-12H,8-9,26H2,1-3H3,(H2,28,29,31). The number of anilines is 2. The molecular weight excluding hydrogens is 440 g/mol. The van der Waals surface area contributed by atoms with E-state index in [0.29, 0.717) is 46.7 Å². The van der Waals surface area contributed by atoms with Crippen LogP contribution >= 0.6 is 11.6 Å². The fourth-order valence-electron chi connectivity index (χ4n) is 3.17. The normalized spacial score (nSPS) is 11.3. The number of nitrogens with two attached hydrogens (primary N) is 1. The minimum atomic E-state index is -0.881. The third kappa shape index (κ3) is 5.54. The summed E-state index contributed by atoms with van der Waals surface area (Å²) in [6.45, 7) is 4.30. The number of rotatable bonds is 7. The van der Waals surface area contributed by atoms with Gasteiger partial charge in [0.2, 0.25) is 0 Å². The smallest absolute Gasteiger partial charge is 0.323 e. The zero-order chi connectivity index (χ0) is 23.5. The molecule has 0 aliphatic rings. The van der Waals surface area contributed by atoms with Gasteiger partial charge in [-0.3, -0.25) is 4.68 Å². The number of hydrogen-bond acceptors (Lipinski definition) is 4. The Bertz CT molecular complexity index is 1110. The first-order chi connectivity index (χ1) is 15.1. The number of aryl methyl sites for hydroxylation is 1. The van der Waals surface area contributed by atoms with Crippen molar-refractivity contribution < 1.29 is 18.3 Å². The zero-order valence-corrected chi connectivity index (χ0v) is 18.6. The number of aromatic nitrogens is 2. The number of ether oxygens (including phenoxy) is 1. The number of carbonyl (C=O) groups excluding carboxylic acids is 1. The van der Waals surface area contributed by atoms with E-state index in [4.69, 9.17) is 22.1 Å². The quantitative estimate of drug-likeness (QED) is 0.450. The molecule has 0 unspecified atom stereocenters. The molecule has 2 amide bonds. The Labute approximate surface area is 189 Å². The van der Waals surface area contributed by atoms with Crippen LogP contribution in [0.5, 0.6) is 5.75 Å². The highest BCUT2D eigenvalue weighted by Gasteiger charge is 2.23. The molecular formula is C22H24ClF2N5O2. The molecule has 0 radical (unpaired) electrons. The topological polar surface area (TPSA) is 94.2 Å². The van der Waals surface area contributed by atoms with E-state index in [2.05, 4.69) is 15.7 Å². The van der Waals surface area contributed by atoms with E-state index in [0.717, 1.165) is 12.1 Å². The van der Waals surface area contributed by atoms with Gasteiger partial charge in [-0.05, 0) is 57.1 Å². The Kier molecular flexibility index (Phi) is 7.00. The molecule has 3 aromatic rings. The second kappa shape index (κ2) is 9.54. The minimum absolute atomic E-state index is 0.151. The summed E-state index contributed by atoms with van der Waals surface area (Å²) in [6.07, 6.45) is 2.13. The van der Waals surface area contributed by atoms with Gasteiger partial charge < -0.3 is 21.1 Å². The number of urea groups is 1. The molecule has 0 saturated carbocycles. The third-order valence-electron chi connectivity index (χ3n) is 4.70. The highest BCUT2D eigenvalue weighted by Crippen LogP contribution is 2.38. The molecule has 0 spiro atoms. The molecule has 170 valence electrons. The number of nitrogens with zero attached hydrogens (tertiary/aromatic N) is 2. The van der Waals surface area contributed by atoms with Gasteiger partial charge in [0.15, 0.2) is 0 Å². The zero-order valence-electron chi connectivity index (χ0n) is 17.9. The lowest BCUT2D eigenvalue weighted by molar-refractivity contribution is 0.103. The molecule has 4 N–H and O–H groups in total. The predicted molar refractivity (Wildman–Crippen MR) is 121 cm³/mol. The van der Waals surface area contributed by atoms with Gasteiger partial charge in [-0.1, -0.05) is 11.6 Å². The molecule has 1 aromatic heterocycles. The fraction of sp³-hybridized carbons (Fsp3) is 0.273. The fourth-order valence-corrected chi connectivity index (χ4v) is 3.44. The lowest BCUT2D eigenvalue weighted by Crippen LogP contribution is -2.31. The summed E-state index contributed by atoms with van der Waals surface area (Å²) in [5.74, 6) is -1.09. The van der Waals surface area contributed by atoms with Gasteiger partial charge in [0.1, 0.15) is 23.0 Å². The molecule has 0 aliphatic carbocycles. The third-order valence-corrected chi connectivity index (χ3v) is 4.98. The number of hydrogen-bond donors (Lipinski definition) is 3. The second-order valence-electron chi connectivity index (χ2n) is 7.78. The van der Waals surface area contributed by atoms with Crippen LogP contribution in [-0.2, 0) is 7.05 Å². The van der Waals surface area contributed by atoms with Crippen molar-refractivity contribution in [1.29, 1.82) is 0 Å². The Hall–Kier alpha value is -3.17. The first-order valence-electron chi connectivity index (χ1n) is 9.83. The molecule has 0 aliphatic heterocycles. The average molecular weight is 464 g/mol. The van der Waals surface area contributed by atoms with E-state index in [1.807, 2.05) is 13.8 Å². The molecule has 0 saturated heterocycles. The minimum Gasteiger partial charge on any atom is -0.487 e. The molecule has 1 heterocycles. The first kappa shape index (κ1) is 23.5. The van der Waals surface area contributed by atoms with Crippen LogP contribution < -0.4 is 21.1 Å². The Morgan fingerprint density at radius 1 is 1.22 bits per heavy atom. The van der Waals surface area contributed by atoms with Crippen LogP contribution in [0.4, 0.5) is 25.0 Å². The van der Waals surface area contributed by atoms with Crippen molar-refractivity contribution in [2.45, 2.75) is 25.9 Å². The predicted octanol–water partition coefficient (Wildman–Crippen LogP) is 5.17. The van der Waals surface area contributed by atoms with E-state index in [-0.39, 0.29) is 5.69 Å². The average Bonchev–Trinajstić information content (AvgIpc) is 3.03. The van der Waals surface area contributed by atoms with Crippen molar-refractivity contribution in [2.75, 3.05) is 17.2 Å². The Balaban J connectivity index is 1.91. The molecule has 3 rings (SSSR count). The van der Waals surface area contributed by atoms with Crippen LogP contribution in [0.1, 0.15) is 20.3 Å². The van der Waals surface area contributed by atoms with Gasteiger partial charge in [-0.2, -0.15) is 5.10 Å². The van der Waals surface area contributed by atoms with Crippen molar-refractivity contribution in [3.63, 3.8) is 0 Å². The number of amides is 2. The van der Waals surface area contributed by atoms with Crippen molar-refractivity contribution >= 4 is 29.0 Å². The summed E-state index contributed by atoms with van der Waals surface area (Å²) in [7, 11) is 1.74. The van der Waals surface area contributed by atoms with Crippen LogP contribution in [0.3, 0.4) is 0 Å². The SMILES string of the molecule is Cn1ncc(Cl)c1-c1cc(NC(=O)Nc2ccc(F)cc2F)ccc1OC(C)(C)CCN. The maximum absolute atomic E-state index is 13.8. The summed E-state index contributed by atoms with van der Waals surface area (Å²) < 4.78 is 34.7. The highest BCUT2D eigenvalue weighted by molar-refractivity contribution is 6.33. The van der Waals surface area contributed by atoms with Crippen LogP contribution in [0, 0.1) is 11.6 Å². The first-order valence-corrected chi connectivity index (χ1v) is 10.2. The molecule has 10 heteroatoms. The Morgan fingerprint density at radius 2 is 1.97 bits per heavy atom. The van der Waals surface area contributed by atoms with Crippen LogP contribution in [0.25, 0.3) is 11.3 Å². The maximum Gasteiger partial charge on any atom is 0.323 e. The van der Waals surface area contributed by atoms with Crippen LogP contribution in [0.15, 0.2) is 42.6 Å². The molecule has 7 nitrogen and oxygen atoms in total. The maximum atomic E-state index is 13.8. The van der Waals surface area contributed by atoms with Gasteiger partial charge in [-0.25, -0.2) is 13.6 Å². The van der Waals surface area contributed by atoms with Crippen LogP contribution in [-0.4, -0.2) is 28.0 Å². The molecule has 0 fully saturated rings. The van der Waals surface area contributed by atoms with Crippen molar-refractivity contribution in [1.82, 2.24) is 9.78 Å². The molecule has 32 heavy (non-hydrogen) atoms. The van der Waals surface area contributed by atoms with Gasteiger partial charge in [-0.15, -0.1) is 0 Å². The molecule has 0 bridgehead atoms. The van der Waals surface area contributed by atoms with Gasteiger partial charge >= 0.3 is 6.03 Å². The number of nitrogens with one attached hydrogen (secondary N) is 2. The van der Waals surface area contributed by atoms with Crippen LogP contribution in [0.2, 0.25) is 5.02 Å². The van der Waals surface area contributed by atoms with Crippen molar-refractivity contribution in [3.05, 3.63) is 59.3 Å². The molecule has 0 atom stereocenters. The highest BCUT2D eigenvalue weighted by atomic mass is 35.5. The molecule has 2 aromatic carbocycles. The van der Waals surface area contributed by atoms with Gasteiger partial charge in [0.25, 0.3) is 0 Å². The van der Waals surface area contributed by atoms with E-state index in [1.165, 1.54) is 6.20 Å². The monoisotopic (exact) mass is 463 g/mol. The lowest BCUT2D eigenvalue weighted by Gasteiger charge is -2.27. The summed E-state index contributed by atoms with van der Waals surface area (Å²) >= 11 is 6.35. The summed E-state index contributed by atoms with van der Waals surface area (Å²) in [5.41, 5.74) is 6.60. The van der Waals surface area contributed by atoms with Gasteiger partial charge in [0.05, 0.1) is 22.6 Å². The van der Waals surface area contributed by atoms with Crippen molar-refractivity contribution in [3.8, 4) is 17.0 Å². The van der Waals surface area contributed by atoms with E-state index >= 15 is 0 Å². The number of halogens is 3. The summed E-state index contributed by atoms with van der Waals surface area (Å²) in [6, 6.07) is 7.20. The van der Waals surface area contributed by atoms with E-state index in [9.17, 15) is 13.6 Å². The Morgan fingerprint density at radius 3 is 2.59 bits per heavy atom. The number of benzene rings is 2. The number of carbonyl (C=O) groups is 1.